The molecule has 69 valence electrons. The summed E-state index contributed by atoms with van der Waals surface area (Å²) in [5.41, 5.74) is 0. The van der Waals surface area contributed by atoms with Gasteiger partial charge >= 0.3 is 0 Å². The first-order valence-corrected chi connectivity index (χ1v) is 6.27. The normalized spacial score (nSPS) is 13.2. The number of halogens is 1. The van der Waals surface area contributed by atoms with Crippen molar-refractivity contribution in [3.05, 3.63) is 30.3 Å². The van der Waals surface area contributed by atoms with Crippen molar-refractivity contribution < 1.29 is 0 Å². The second-order valence-electron chi connectivity index (χ2n) is 3.79. The third-order valence-corrected chi connectivity index (χ3v) is 5.61. The second-order valence-corrected chi connectivity index (χ2v) is 7.22. The molecule has 0 aliphatic rings. The molecule has 0 N–H and O–H groups in total. The molecule has 0 unspecified atom stereocenters. The zero-order chi connectivity index (χ0) is 9.19. The lowest BCUT2D eigenvalue weighted by Crippen LogP contribution is -2.15. The smallest absolute Gasteiger partial charge is 0.0267 e. The first-order chi connectivity index (χ1) is 5.52. The molecule has 0 bridgehead atoms. The Morgan fingerprint density at radius 2 is 1.54 bits per heavy atom. The second kappa shape index (κ2) is 5.03. The molecule has 0 aliphatic heterocycles. The van der Waals surface area contributed by atoms with Crippen LogP contribution in [0.1, 0.15) is 20.8 Å². The van der Waals surface area contributed by atoms with Crippen molar-refractivity contribution in [1.82, 2.24) is 0 Å². The van der Waals surface area contributed by atoms with E-state index in [1.807, 2.05) is 18.2 Å². The first-order valence-electron chi connectivity index (χ1n) is 4.03. The van der Waals surface area contributed by atoms with Gasteiger partial charge in [0.25, 0.3) is 0 Å². The third-order valence-electron chi connectivity index (χ3n) is 1.57. The fourth-order valence-corrected chi connectivity index (χ4v) is 2.49. The van der Waals surface area contributed by atoms with E-state index in [2.05, 4.69) is 32.9 Å². The topological polar surface area (TPSA) is 0 Å². The van der Waals surface area contributed by atoms with Crippen LogP contribution in [0, 0.1) is 0 Å². The number of benzene rings is 1. The summed E-state index contributed by atoms with van der Waals surface area (Å²) in [6, 6.07) is 10.3. The summed E-state index contributed by atoms with van der Waals surface area (Å²) in [6.07, 6.45) is 0. The summed E-state index contributed by atoms with van der Waals surface area (Å²) in [7, 11) is -0.544. The van der Waals surface area contributed by atoms with Crippen molar-refractivity contribution in [3.8, 4) is 0 Å². The molecular formula is C10H14BClP. The molecule has 0 nitrogen and oxygen atoms in total. The lowest BCUT2D eigenvalue weighted by molar-refractivity contribution is 0.796. The van der Waals surface area contributed by atoms with Crippen molar-refractivity contribution in [3.63, 3.8) is 0 Å². The summed E-state index contributed by atoms with van der Waals surface area (Å²) < 4.78 is 0. The van der Waals surface area contributed by atoms with E-state index in [1.165, 1.54) is 5.30 Å². The van der Waals surface area contributed by atoms with Gasteiger partial charge in [-0.25, -0.2) is 0 Å². The van der Waals surface area contributed by atoms with Crippen LogP contribution in [0.2, 0.25) is 0 Å². The number of hydrogen-bond acceptors (Lipinski definition) is 0. The molecule has 0 heterocycles. The van der Waals surface area contributed by atoms with E-state index in [1.54, 1.807) is 0 Å². The van der Waals surface area contributed by atoms with Crippen molar-refractivity contribution in [2.45, 2.75) is 25.9 Å². The molecule has 0 aliphatic carbocycles. The molecule has 3 heteroatoms. The molecule has 1 atom stereocenters. The van der Waals surface area contributed by atoms with E-state index in [4.69, 9.17) is 11.2 Å². The molecule has 3 radical (unpaired) electrons. The lowest BCUT2D eigenvalue weighted by atomic mass is 10.3. The highest BCUT2D eigenvalue weighted by Gasteiger charge is 2.23. The van der Waals surface area contributed by atoms with Gasteiger partial charge < -0.3 is 0 Å². The monoisotopic (exact) mass is 211 g/mol. The fraction of sp³-hybridized carbons (Fsp3) is 0.400. The zero-order valence-corrected chi connectivity index (χ0v) is 9.94. The van der Waals surface area contributed by atoms with Crippen LogP contribution in [0.3, 0.4) is 0 Å². The highest BCUT2D eigenvalue weighted by molar-refractivity contribution is 7.91. The molecule has 1 aromatic carbocycles. The van der Waals surface area contributed by atoms with Crippen LogP contribution in [0.5, 0.6) is 0 Å². The molecule has 0 fully saturated rings. The Morgan fingerprint density at radius 3 is 1.92 bits per heavy atom. The minimum absolute atomic E-state index is 0. The van der Waals surface area contributed by atoms with Gasteiger partial charge in [-0.2, -0.15) is 0 Å². The minimum Gasteiger partial charge on any atom is -0.0906 e. The summed E-state index contributed by atoms with van der Waals surface area (Å²) >= 11 is 6.35. The van der Waals surface area contributed by atoms with Gasteiger partial charge in [-0.15, -0.1) is 0 Å². The number of rotatable bonds is 1. The Labute approximate surface area is 88.8 Å². The maximum atomic E-state index is 6.35. The van der Waals surface area contributed by atoms with Crippen LogP contribution in [0.25, 0.3) is 0 Å². The van der Waals surface area contributed by atoms with Gasteiger partial charge in [0.15, 0.2) is 0 Å². The summed E-state index contributed by atoms with van der Waals surface area (Å²) in [5.74, 6) is 0. The third kappa shape index (κ3) is 3.71. The highest BCUT2D eigenvalue weighted by atomic mass is 35.7. The Balaban J connectivity index is 0.00000144. The van der Waals surface area contributed by atoms with Gasteiger partial charge in [0, 0.05) is 15.7 Å². The summed E-state index contributed by atoms with van der Waals surface area (Å²) in [5, 5.41) is 1.46. The molecular weight excluding hydrogens is 197 g/mol. The molecule has 0 saturated heterocycles. The fourth-order valence-electron chi connectivity index (χ4n) is 0.946. The van der Waals surface area contributed by atoms with E-state index in [0.717, 1.165) is 0 Å². The largest absolute Gasteiger partial charge is 0.0906 e. The molecule has 13 heavy (non-hydrogen) atoms. The van der Waals surface area contributed by atoms with Crippen LogP contribution in [-0.2, 0) is 0 Å². The van der Waals surface area contributed by atoms with Crippen LogP contribution < -0.4 is 5.30 Å². The van der Waals surface area contributed by atoms with Crippen LogP contribution >= 0.6 is 18.5 Å². The van der Waals surface area contributed by atoms with Crippen molar-refractivity contribution in [2.75, 3.05) is 0 Å². The SMILES string of the molecule is CC(C)(C)[P@](Cl)c1ccccc1.[B]. The molecule has 0 amide bonds. The Bertz CT molecular complexity index is 243. The van der Waals surface area contributed by atoms with Gasteiger partial charge in [0.1, 0.15) is 0 Å². The van der Waals surface area contributed by atoms with E-state index in [-0.39, 0.29) is 13.6 Å². The van der Waals surface area contributed by atoms with Gasteiger partial charge in [-0.1, -0.05) is 62.3 Å². The summed E-state index contributed by atoms with van der Waals surface area (Å²) in [4.78, 5) is 0. The van der Waals surface area contributed by atoms with Crippen LogP contribution in [0.15, 0.2) is 30.3 Å². The predicted molar refractivity (Wildman–Crippen MR) is 64.4 cm³/mol. The summed E-state index contributed by atoms with van der Waals surface area (Å²) in [6.45, 7) is 6.54. The van der Waals surface area contributed by atoms with Gasteiger partial charge in [-0.3, -0.25) is 0 Å². The first kappa shape index (κ1) is 13.0. The van der Waals surface area contributed by atoms with Gasteiger partial charge in [-0.05, 0) is 10.5 Å². The zero-order valence-electron chi connectivity index (χ0n) is 8.29. The lowest BCUT2D eigenvalue weighted by Gasteiger charge is -2.25. The maximum absolute atomic E-state index is 6.35. The van der Waals surface area contributed by atoms with Crippen molar-refractivity contribution in [2.24, 2.45) is 0 Å². The highest BCUT2D eigenvalue weighted by Crippen LogP contribution is 2.52. The number of hydrogen-bond donors (Lipinski definition) is 0. The quantitative estimate of drug-likeness (QED) is 0.493. The van der Waals surface area contributed by atoms with Crippen LogP contribution in [-0.4, -0.2) is 13.6 Å². The standard InChI is InChI=1S/C10H14ClP.B/c1-10(2,3)12(11)9-7-5-4-6-8-9;/h4-8H,1-3H3;/t12-;/m1./s1. The molecule has 0 saturated carbocycles. The Morgan fingerprint density at radius 1 is 1.08 bits per heavy atom. The molecule has 1 aromatic rings. The predicted octanol–water partition coefficient (Wildman–Crippen LogP) is 3.37. The molecule has 1 rings (SSSR count). The van der Waals surface area contributed by atoms with Gasteiger partial charge in [0.2, 0.25) is 0 Å². The Hall–Kier alpha value is 0.00494. The minimum atomic E-state index is -0.544. The van der Waals surface area contributed by atoms with E-state index in [0.29, 0.717) is 0 Å². The van der Waals surface area contributed by atoms with E-state index < -0.39 is 7.27 Å². The molecule has 0 spiro atoms. The maximum Gasteiger partial charge on any atom is 0.0267 e. The average Bonchev–Trinajstić information content (AvgIpc) is 2.03. The Kier molecular flexibility index (Phi) is 5.03. The van der Waals surface area contributed by atoms with E-state index in [9.17, 15) is 0 Å². The van der Waals surface area contributed by atoms with Gasteiger partial charge in [0.05, 0.1) is 0 Å². The molecule has 0 aromatic heterocycles. The van der Waals surface area contributed by atoms with E-state index >= 15 is 0 Å². The van der Waals surface area contributed by atoms with Crippen molar-refractivity contribution >= 4 is 32.2 Å². The average molecular weight is 211 g/mol. The van der Waals surface area contributed by atoms with Crippen molar-refractivity contribution in [1.29, 1.82) is 0 Å². The van der Waals surface area contributed by atoms with Crippen LogP contribution in [0.4, 0.5) is 0 Å².